The monoisotopic (exact) mass is 389 g/mol. The molecule has 0 radical (unpaired) electrons. The van der Waals surface area contributed by atoms with Gasteiger partial charge in [-0.05, 0) is 6.07 Å². The van der Waals surface area contributed by atoms with Gasteiger partial charge in [-0.15, -0.1) is 0 Å². The minimum atomic E-state index is -1.71. The van der Waals surface area contributed by atoms with Crippen LogP contribution in [0.25, 0.3) is 11.4 Å². The van der Waals surface area contributed by atoms with Crippen LogP contribution in [0.2, 0.25) is 0 Å². The lowest BCUT2D eigenvalue weighted by Crippen LogP contribution is -2.09. The van der Waals surface area contributed by atoms with Crippen molar-refractivity contribution in [1.29, 1.82) is 0 Å². The van der Waals surface area contributed by atoms with Crippen LogP contribution < -0.4 is 0 Å². The van der Waals surface area contributed by atoms with Crippen LogP contribution in [0.5, 0.6) is 0 Å². The second-order valence-corrected chi connectivity index (χ2v) is 8.28. The number of aromatic nitrogens is 3. The van der Waals surface area contributed by atoms with Crippen molar-refractivity contribution < 1.29 is 0 Å². The van der Waals surface area contributed by atoms with E-state index in [1.807, 2.05) is 0 Å². The molecule has 2 aromatic rings. The van der Waals surface area contributed by atoms with Gasteiger partial charge in [-0.25, -0.2) is 15.0 Å². The maximum Gasteiger partial charge on any atom is 0.216 e. The number of hydrogen-bond donors (Lipinski definition) is 0. The summed E-state index contributed by atoms with van der Waals surface area (Å²) in [4.78, 5) is 11.8. The van der Waals surface area contributed by atoms with Crippen molar-refractivity contribution in [2.75, 3.05) is 0 Å². The van der Waals surface area contributed by atoms with Crippen molar-refractivity contribution in [3.8, 4) is 11.4 Å². The average molecular weight is 392 g/mol. The number of benzene rings is 1. The van der Waals surface area contributed by atoms with Gasteiger partial charge >= 0.3 is 0 Å². The molecule has 9 heteroatoms. The number of hydrogen-bond acceptors (Lipinski definition) is 3. The number of rotatable bonds is 1. The molecule has 0 N–H and O–H groups in total. The summed E-state index contributed by atoms with van der Waals surface area (Å²) < 4.78 is -3.34. The summed E-state index contributed by atoms with van der Waals surface area (Å²) in [5, 5.41) is 0. The molecule has 3 nitrogen and oxygen atoms in total. The molecular formula is C11H5Cl6N3. The first-order chi connectivity index (χ1) is 9.19. The highest BCUT2D eigenvalue weighted by atomic mass is 35.6. The lowest BCUT2D eigenvalue weighted by Gasteiger charge is -2.19. The molecule has 0 amide bonds. The van der Waals surface area contributed by atoms with Gasteiger partial charge < -0.3 is 0 Å². The molecule has 0 unspecified atom stereocenters. The largest absolute Gasteiger partial charge is 0.225 e. The Morgan fingerprint density at radius 2 is 1.40 bits per heavy atom. The van der Waals surface area contributed by atoms with E-state index in [-0.39, 0.29) is 0 Å². The third-order valence-corrected chi connectivity index (χ3v) is 3.65. The van der Waals surface area contributed by atoms with E-state index in [2.05, 4.69) is 15.0 Å². The molecular weight excluding hydrogens is 387 g/mol. The third kappa shape index (κ3) is 3.79. The lowest BCUT2D eigenvalue weighted by molar-refractivity contribution is 1.04. The number of halogens is 6. The van der Waals surface area contributed by atoms with Crippen molar-refractivity contribution >= 4 is 69.6 Å². The summed E-state index contributed by atoms with van der Waals surface area (Å²) in [5.41, 5.74) is 1.21. The lowest BCUT2D eigenvalue weighted by atomic mass is 10.0. The van der Waals surface area contributed by atoms with Crippen molar-refractivity contribution in [3.05, 3.63) is 42.0 Å². The van der Waals surface area contributed by atoms with Gasteiger partial charge in [0, 0.05) is 16.7 Å². The average Bonchev–Trinajstić information content (AvgIpc) is 2.37. The van der Waals surface area contributed by atoms with E-state index in [9.17, 15) is 0 Å². The molecule has 20 heavy (non-hydrogen) atoms. The first-order valence-corrected chi connectivity index (χ1v) is 7.37. The Hall–Kier alpha value is -0.0300. The SMILES string of the molecule is ClC(Cl)(Cl)c1ccc(-c2ncncn2)c(C(Cl)(Cl)Cl)c1. The van der Waals surface area contributed by atoms with Crippen LogP contribution in [0.15, 0.2) is 30.9 Å². The Labute approximate surface area is 145 Å². The van der Waals surface area contributed by atoms with Crippen LogP contribution in [0.1, 0.15) is 11.1 Å². The molecule has 1 aromatic heterocycles. The highest BCUT2D eigenvalue weighted by Gasteiger charge is 2.31. The number of alkyl halides is 6. The van der Waals surface area contributed by atoms with E-state index in [1.54, 1.807) is 12.1 Å². The summed E-state index contributed by atoms with van der Waals surface area (Å²) in [6.07, 6.45) is 2.68. The molecule has 1 heterocycles. The predicted molar refractivity (Wildman–Crippen MR) is 83.7 cm³/mol. The van der Waals surface area contributed by atoms with Gasteiger partial charge in [-0.1, -0.05) is 81.7 Å². The van der Waals surface area contributed by atoms with Crippen LogP contribution in [0.3, 0.4) is 0 Å². The Morgan fingerprint density at radius 3 is 1.90 bits per heavy atom. The highest BCUT2D eigenvalue weighted by molar-refractivity contribution is 6.67. The van der Waals surface area contributed by atoms with Gasteiger partial charge in [0.2, 0.25) is 7.59 Å². The zero-order chi connectivity index (χ0) is 15.0. The van der Waals surface area contributed by atoms with Crippen molar-refractivity contribution in [3.63, 3.8) is 0 Å². The van der Waals surface area contributed by atoms with Gasteiger partial charge in [0.15, 0.2) is 5.82 Å². The molecule has 0 aliphatic carbocycles. The Bertz CT molecular complexity index is 606. The maximum absolute atomic E-state index is 5.97. The van der Waals surface area contributed by atoms with Gasteiger partial charge in [0.05, 0.1) is 0 Å². The van der Waals surface area contributed by atoms with Crippen molar-refractivity contribution in [2.24, 2.45) is 0 Å². The normalized spacial score (nSPS) is 12.5. The van der Waals surface area contributed by atoms with Crippen LogP contribution in [-0.4, -0.2) is 15.0 Å². The molecule has 0 aliphatic rings. The predicted octanol–water partition coefficient (Wildman–Crippen LogP) is 5.19. The van der Waals surface area contributed by atoms with Gasteiger partial charge in [-0.2, -0.15) is 0 Å². The van der Waals surface area contributed by atoms with E-state index in [0.717, 1.165) is 0 Å². The molecule has 0 atom stereocenters. The zero-order valence-corrected chi connectivity index (χ0v) is 14.0. The van der Waals surface area contributed by atoms with E-state index in [4.69, 9.17) is 69.6 Å². The molecule has 2 rings (SSSR count). The molecule has 0 aliphatic heterocycles. The second-order valence-electron chi connectivity index (χ2n) is 3.72. The van der Waals surface area contributed by atoms with Crippen LogP contribution in [0.4, 0.5) is 0 Å². The van der Waals surface area contributed by atoms with E-state index in [0.29, 0.717) is 22.5 Å². The molecule has 0 bridgehead atoms. The zero-order valence-electron chi connectivity index (χ0n) is 9.50. The fourth-order valence-electron chi connectivity index (χ4n) is 1.53. The van der Waals surface area contributed by atoms with Gasteiger partial charge in [0.25, 0.3) is 0 Å². The minimum absolute atomic E-state index is 0.317. The summed E-state index contributed by atoms with van der Waals surface area (Å²) in [5.74, 6) is 0.359. The Kier molecular flexibility index (Phi) is 4.90. The fourth-order valence-corrected chi connectivity index (χ4v) is 2.35. The molecule has 0 saturated heterocycles. The summed E-state index contributed by atoms with van der Waals surface area (Å²) in [7, 11) is 0. The van der Waals surface area contributed by atoms with Crippen molar-refractivity contribution in [1.82, 2.24) is 15.0 Å². The standard InChI is InChI=1S/C11H5Cl6N3/c12-10(13,14)6-1-2-7(8(3-6)11(15,16)17)9-19-4-18-5-20-9/h1-5H. The van der Waals surface area contributed by atoms with Crippen molar-refractivity contribution in [2.45, 2.75) is 7.59 Å². The molecule has 0 spiro atoms. The Morgan fingerprint density at radius 1 is 0.800 bits per heavy atom. The first kappa shape index (κ1) is 16.3. The molecule has 0 saturated carbocycles. The second kappa shape index (κ2) is 5.99. The van der Waals surface area contributed by atoms with Crippen LogP contribution in [0, 0.1) is 0 Å². The fraction of sp³-hybridized carbons (Fsp3) is 0.182. The Balaban J connectivity index is 2.65. The smallest absolute Gasteiger partial charge is 0.216 e. The quantitative estimate of drug-likeness (QED) is 0.628. The van der Waals surface area contributed by atoms with Gasteiger partial charge in [0.1, 0.15) is 12.7 Å². The topological polar surface area (TPSA) is 38.7 Å². The third-order valence-electron chi connectivity index (χ3n) is 2.39. The summed E-state index contributed by atoms with van der Waals surface area (Å²) in [6, 6.07) is 4.73. The maximum atomic E-state index is 5.97. The number of nitrogens with zero attached hydrogens (tertiary/aromatic N) is 3. The minimum Gasteiger partial charge on any atom is -0.225 e. The van der Waals surface area contributed by atoms with E-state index in [1.165, 1.54) is 18.7 Å². The van der Waals surface area contributed by atoms with Crippen LogP contribution in [-0.2, 0) is 7.59 Å². The van der Waals surface area contributed by atoms with Gasteiger partial charge in [-0.3, -0.25) is 0 Å². The summed E-state index contributed by atoms with van der Waals surface area (Å²) >= 11 is 35.4. The molecule has 0 fully saturated rings. The molecule has 1 aromatic carbocycles. The van der Waals surface area contributed by atoms with Crippen LogP contribution >= 0.6 is 69.6 Å². The molecule has 106 valence electrons. The van der Waals surface area contributed by atoms with E-state index < -0.39 is 7.59 Å². The highest BCUT2D eigenvalue weighted by Crippen LogP contribution is 2.46. The first-order valence-electron chi connectivity index (χ1n) is 5.10. The van der Waals surface area contributed by atoms with E-state index >= 15 is 0 Å². The summed E-state index contributed by atoms with van der Waals surface area (Å²) in [6.45, 7) is 0.